The molecule has 0 atom stereocenters. The first-order valence-electron chi connectivity index (χ1n) is 10.2. The molecular formula is C26H21ClN2O3. The summed E-state index contributed by atoms with van der Waals surface area (Å²) < 4.78 is 11.3. The van der Waals surface area contributed by atoms with Gasteiger partial charge in [0.2, 0.25) is 0 Å². The molecule has 1 aliphatic rings. The summed E-state index contributed by atoms with van der Waals surface area (Å²) in [5.41, 5.74) is 3.70. The molecule has 1 aliphatic heterocycles. The van der Waals surface area contributed by atoms with Gasteiger partial charge in [0.1, 0.15) is 18.2 Å². The lowest BCUT2D eigenvalue weighted by Gasteiger charge is -2.16. The molecule has 0 radical (unpaired) electrons. The Hall–Kier alpha value is -3.75. The molecule has 3 aromatic carbocycles. The van der Waals surface area contributed by atoms with Crippen molar-refractivity contribution in [3.63, 3.8) is 0 Å². The molecule has 0 fully saturated rings. The van der Waals surface area contributed by atoms with Crippen molar-refractivity contribution in [2.24, 2.45) is 0 Å². The van der Waals surface area contributed by atoms with Crippen molar-refractivity contribution in [1.29, 1.82) is 5.26 Å². The molecule has 0 spiro atoms. The Bertz CT molecular complexity index is 1210. The molecule has 0 bridgehead atoms. The van der Waals surface area contributed by atoms with E-state index in [-0.39, 0.29) is 11.5 Å². The van der Waals surface area contributed by atoms with Crippen LogP contribution in [0.25, 0.3) is 6.08 Å². The molecule has 0 aliphatic carbocycles. The van der Waals surface area contributed by atoms with E-state index in [1.807, 2.05) is 54.6 Å². The second-order valence-corrected chi connectivity index (χ2v) is 7.77. The Morgan fingerprint density at radius 1 is 1.12 bits per heavy atom. The van der Waals surface area contributed by atoms with Crippen LogP contribution >= 0.6 is 11.6 Å². The average Bonchev–Trinajstić information content (AvgIpc) is 3.26. The van der Waals surface area contributed by atoms with E-state index in [9.17, 15) is 10.1 Å². The minimum absolute atomic E-state index is 0.0681. The zero-order chi connectivity index (χ0) is 22.5. The fourth-order valence-corrected chi connectivity index (χ4v) is 3.76. The van der Waals surface area contributed by atoms with Gasteiger partial charge in [-0.25, -0.2) is 0 Å². The van der Waals surface area contributed by atoms with Gasteiger partial charge in [-0.3, -0.25) is 4.79 Å². The number of amides is 1. The number of fused-ring (bicyclic) bond motifs is 1. The highest BCUT2D eigenvalue weighted by atomic mass is 35.5. The number of anilines is 1. The van der Waals surface area contributed by atoms with Crippen LogP contribution in [0, 0.1) is 11.3 Å². The number of para-hydroxylation sites is 1. The van der Waals surface area contributed by atoms with Gasteiger partial charge in [0.15, 0.2) is 11.5 Å². The Balaban J connectivity index is 1.53. The number of nitrogens with zero attached hydrogens (tertiary/aromatic N) is 2. The van der Waals surface area contributed by atoms with E-state index in [0.717, 1.165) is 23.2 Å². The number of ether oxygens (including phenoxy) is 2. The van der Waals surface area contributed by atoms with Crippen LogP contribution in [-0.4, -0.2) is 19.6 Å². The van der Waals surface area contributed by atoms with Gasteiger partial charge in [-0.15, -0.1) is 0 Å². The molecule has 0 aromatic heterocycles. The average molecular weight is 445 g/mol. The van der Waals surface area contributed by atoms with E-state index in [2.05, 4.69) is 0 Å². The first kappa shape index (κ1) is 21.5. The predicted molar refractivity (Wildman–Crippen MR) is 125 cm³/mol. The number of nitriles is 1. The normalized spacial score (nSPS) is 12.8. The lowest BCUT2D eigenvalue weighted by Crippen LogP contribution is -2.29. The number of rotatable bonds is 6. The third-order valence-electron chi connectivity index (χ3n) is 5.29. The van der Waals surface area contributed by atoms with Crippen molar-refractivity contribution in [2.45, 2.75) is 13.0 Å². The molecule has 4 rings (SSSR count). The summed E-state index contributed by atoms with van der Waals surface area (Å²) in [5, 5.41) is 10.3. The SMILES string of the molecule is COc1cc(/C=C(\C#N)C(=O)N2CCc3ccccc32)ccc1OCc1ccc(Cl)cc1. The third-order valence-corrected chi connectivity index (χ3v) is 5.54. The maximum atomic E-state index is 13.0. The number of halogens is 1. The summed E-state index contributed by atoms with van der Waals surface area (Å²) in [4.78, 5) is 14.7. The van der Waals surface area contributed by atoms with Gasteiger partial charge in [-0.1, -0.05) is 48.0 Å². The third kappa shape index (κ3) is 4.61. The maximum absolute atomic E-state index is 13.0. The van der Waals surface area contributed by atoms with Gasteiger partial charge in [-0.2, -0.15) is 5.26 Å². The van der Waals surface area contributed by atoms with Gasteiger partial charge in [0.25, 0.3) is 5.91 Å². The lowest BCUT2D eigenvalue weighted by molar-refractivity contribution is -0.114. The Morgan fingerprint density at radius 2 is 1.91 bits per heavy atom. The van der Waals surface area contributed by atoms with E-state index < -0.39 is 0 Å². The van der Waals surface area contributed by atoms with E-state index in [0.29, 0.717) is 35.2 Å². The first-order valence-corrected chi connectivity index (χ1v) is 10.5. The lowest BCUT2D eigenvalue weighted by atomic mass is 10.1. The molecule has 1 amide bonds. The molecule has 1 heterocycles. The number of carbonyl (C=O) groups excluding carboxylic acids is 1. The quantitative estimate of drug-likeness (QED) is 0.376. The van der Waals surface area contributed by atoms with Gasteiger partial charge < -0.3 is 14.4 Å². The van der Waals surface area contributed by atoms with Crippen molar-refractivity contribution < 1.29 is 14.3 Å². The monoisotopic (exact) mass is 444 g/mol. The predicted octanol–water partition coefficient (Wildman–Crippen LogP) is 5.42. The molecular weight excluding hydrogens is 424 g/mol. The standard InChI is InChI=1S/C26H21ClN2O3/c1-31-25-15-19(8-11-24(25)32-17-18-6-9-22(27)10-7-18)14-21(16-28)26(30)29-13-12-20-4-2-3-5-23(20)29/h2-11,14-15H,12-13,17H2,1H3/b21-14+. The van der Waals surface area contributed by atoms with Crippen LogP contribution in [0.1, 0.15) is 16.7 Å². The smallest absolute Gasteiger partial charge is 0.268 e. The molecule has 0 saturated carbocycles. The molecule has 6 heteroatoms. The molecule has 160 valence electrons. The van der Waals surface area contributed by atoms with E-state index in [1.165, 1.54) is 0 Å². The number of hydrogen-bond donors (Lipinski definition) is 0. The zero-order valence-corrected chi connectivity index (χ0v) is 18.3. The first-order chi connectivity index (χ1) is 15.6. The number of hydrogen-bond acceptors (Lipinski definition) is 4. The van der Waals surface area contributed by atoms with Gasteiger partial charge >= 0.3 is 0 Å². The minimum Gasteiger partial charge on any atom is -0.493 e. The highest BCUT2D eigenvalue weighted by molar-refractivity contribution is 6.30. The van der Waals surface area contributed by atoms with Crippen LogP contribution in [0.3, 0.4) is 0 Å². The molecule has 0 N–H and O–H groups in total. The van der Waals surface area contributed by atoms with Crippen molar-refractivity contribution in [2.75, 3.05) is 18.6 Å². The number of carbonyl (C=O) groups is 1. The number of benzene rings is 3. The second-order valence-electron chi connectivity index (χ2n) is 7.33. The van der Waals surface area contributed by atoms with Gasteiger partial charge in [0, 0.05) is 17.3 Å². The van der Waals surface area contributed by atoms with Crippen molar-refractivity contribution in [3.05, 3.63) is 94.0 Å². The highest BCUT2D eigenvalue weighted by Gasteiger charge is 2.26. The van der Waals surface area contributed by atoms with E-state index in [4.69, 9.17) is 21.1 Å². The summed E-state index contributed by atoms with van der Waals surface area (Å²) >= 11 is 5.92. The van der Waals surface area contributed by atoms with Crippen molar-refractivity contribution in [3.8, 4) is 17.6 Å². The van der Waals surface area contributed by atoms with Crippen LogP contribution in [0.2, 0.25) is 5.02 Å². The fourth-order valence-electron chi connectivity index (χ4n) is 3.64. The zero-order valence-electron chi connectivity index (χ0n) is 17.5. The second kappa shape index (κ2) is 9.59. The highest BCUT2D eigenvalue weighted by Crippen LogP contribution is 2.31. The Morgan fingerprint density at radius 3 is 2.66 bits per heavy atom. The Kier molecular flexibility index (Phi) is 6.44. The fraction of sp³-hybridized carbons (Fsp3) is 0.154. The summed E-state index contributed by atoms with van der Waals surface area (Å²) in [7, 11) is 1.55. The van der Waals surface area contributed by atoms with Crippen LogP contribution < -0.4 is 14.4 Å². The van der Waals surface area contributed by atoms with Gasteiger partial charge in [-0.05, 0) is 59.5 Å². The maximum Gasteiger partial charge on any atom is 0.268 e. The molecule has 3 aromatic rings. The summed E-state index contributed by atoms with van der Waals surface area (Å²) in [6.45, 7) is 0.928. The summed E-state index contributed by atoms with van der Waals surface area (Å²) in [5.74, 6) is 0.779. The van der Waals surface area contributed by atoms with Crippen LogP contribution in [0.5, 0.6) is 11.5 Å². The van der Waals surface area contributed by atoms with E-state index in [1.54, 1.807) is 36.3 Å². The topological polar surface area (TPSA) is 62.6 Å². The molecule has 0 saturated heterocycles. The molecule has 32 heavy (non-hydrogen) atoms. The van der Waals surface area contributed by atoms with Crippen LogP contribution in [0.15, 0.2) is 72.3 Å². The van der Waals surface area contributed by atoms with Gasteiger partial charge in [0.05, 0.1) is 7.11 Å². The minimum atomic E-state index is -0.306. The molecule has 5 nitrogen and oxygen atoms in total. The molecule has 0 unspecified atom stereocenters. The largest absolute Gasteiger partial charge is 0.493 e. The number of methoxy groups -OCH3 is 1. The van der Waals surface area contributed by atoms with E-state index >= 15 is 0 Å². The Labute approximate surface area is 192 Å². The van der Waals surface area contributed by atoms with Crippen molar-refractivity contribution in [1.82, 2.24) is 0 Å². The van der Waals surface area contributed by atoms with Crippen LogP contribution in [0.4, 0.5) is 5.69 Å². The van der Waals surface area contributed by atoms with Crippen molar-refractivity contribution >= 4 is 29.3 Å². The van der Waals surface area contributed by atoms with Crippen LogP contribution in [-0.2, 0) is 17.8 Å². The summed E-state index contributed by atoms with van der Waals surface area (Å²) in [6.07, 6.45) is 2.36. The summed E-state index contributed by atoms with van der Waals surface area (Å²) in [6, 6.07) is 22.5.